The molecule has 4 N–H and O–H groups in total. The Morgan fingerprint density at radius 1 is 1.20 bits per heavy atom. The fourth-order valence-electron chi connectivity index (χ4n) is 5.29. The van der Waals surface area contributed by atoms with E-state index < -0.39 is 24.1 Å². The molecule has 4 rings (SSSR count). The lowest BCUT2D eigenvalue weighted by Gasteiger charge is -2.44. The van der Waals surface area contributed by atoms with E-state index in [0.29, 0.717) is 51.0 Å². The molecule has 0 aromatic rings. The second-order valence-electron chi connectivity index (χ2n) is 8.76. The molecule has 10 heteroatoms. The van der Waals surface area contributed by atoms with E-state index in [1.54, 1.807) is 16.7 Å². The van der Waals surface area contributed by atoms with Gasteiger partial charge in [-0.25, -0.2) is 4.79 Å². The average molecular weight is 420 g/mol. The molecule has 2 amide bonds. The van der Waals surface area contributed by atoms with Crippen molar-refractivity contribution < 1.29 is 29.7 Å². The highest BCUT2D eigenvalue weighted by Crippen LogP contribution is 2.47. The summed E-state index contributed by atoms with van der Waals surface area (Å²) in [6.07, 6.45) is 0.277. The maximum atomic E-state index is 12.4. The van der Waals surface area contributed by atoms with Crippen LogP contribution in [0, 0.1) is 17.2 Å². The van der Waals surface area contributed by atoms with E-state index in [4.69, 9.17) is 5.41 Å². The number of β-amino-alcohol motifs (C(OH)–C–C–N with tert-alkyl or cyclic N) is 1. The molecule has 0 unspecified atom stereocenters. The van der Waals surface area contributed by atoms with Crippen molar-refractivity contribution in [2.75, 3.05) is 26.2 Å². The van der Waals surface area contributed by atoms with Crippen LogP contribution in [0.1, 0.15) is 32.6 Å². The summed E-state index contributed by atoms with van der Waals surface area (Å²) in [5.74, 6) is -2.14. The Hall–Kier alpha value is -2.46. The van der Waals surface area contributed by atoms with Gasteiger partial charge < -0.3 is 30.0 Å². The van der Waals surface area contributed by atoms with Crippen LogP contribution in [-0.2, 0) is 14.4 Å². The van der Waals surface area contributed by atoms with Crippen LogP contribution < -0.4 is 0 Å². The Bertz CT molecular complexity index is 824. The summed E-state index contributed by atoms with van der Waals surface area (Å²) >= 11 is 0. The van der Waals surface area contributed by atoms with Gasteiger partial charge in [-0.3, -0.25) is 15.0 Å². The summed E-state index contributed by atoms with van der Waals surface area (Å²) < 4.78 is 0. The van der Waals surface area contributed by atoms with E-state index in [1.807, 2.05) is 0 Å². The molecular formula is C20H28N4O6. The monoisotopic (exact) mass is 420 g/mol. The number of aliphatic hydroxyl groups is 2. The Kier molecular flexibility index (Phi) is 5.31. The highest BCUT2D eigenvalue weighted by atomic mass is 16.4. The van der Waals surface area contributed by atoms with Crippen LogP contribution in [0.25, 0.3) is 0 Å². The lowest BCUT2D eigenvalue weighted by Crippen LogP contribution is -2.61. The van der Waals surface area contributed by atoms with E-state index in [-0.39, 0.29) is 41.7 Å². The summed E-state index contributed by atoms with van der Waals surface area (Å²) in [6.45, 7) is 3.34. The molecule has 0 radical (unpaired) electrons. The van der Waals surface area contributed by atoms with Crippen molar-refractivity contribution >= 4 is 23.6 Å². The molecule has 4 aliphatic rings. The molecule has 5 atom stereocenters. The number of aliphatic carboxylic acids is 1. The van der Waals surface area contributed by atoms with Crippen molar-refractivity contribution in [3.63, 3.8) is 0 Å². The first kappa shape index (κ1) is 20.8. The number of rotatable bonds is 5. The normalized spacial score (nSPS) is 31.8. The first-order valence-corrected chi connectivity index (χ1v) is 10.4. The zero-order valence-electron chi connectivity index (χ0n) is 17.0. The average Bonchev–Trinajstić information content (AvgIpc) is 3.37. The topological polar surface area (TPSA) is 145 Å². The molecule has 3 saturated heterocycles. The Morgan fingerprint density at radius 2 is 1.90 bits per heavy atom. The third kappa shape index (κ3) is 3.37. The summed E-state index contributed by atoms with van der Waals surface area (Å²) in [5.41, 5.74) is 0.732. The smallest absolute Gasteiger partial charge is 0.352 e. The number of carbonyl (C=O) groups is 3. The molecule has 0 aromatic heterocycles. The number of hydrogen-bond acceptors (Lipinski definition) is 6. The molecule has 0 aromatic carbocycles. The van der Waals surface area contributed by atoms with Crippen LogP contribution in [0.2, 0.25) is 0 Å². The number of hydrogen-bond donors (Lipinski definition) is 4. The minimum atomic E-state index is -1.14. The molecule has 0 spiro atoms. The van der Waals surface area contributed by atoms with Gasteiger partial charge >= 0.3 is 5.97 Å². The van der Waals surface area contributed by atoms with Crippen molar-refractivity contribution in [1.82, 2.24) is 14.7 Å². The van der Waals surface area contributed by atoms with Gasteiger partial charge in [0.15, 0.2) is 0 Å². The number of fused-ring (bicyclic) bond motifs is 1. The van der Waals surface area contributed by atoms with Crippen LogP contribution in [0.3, 0.4) is 0 Å². The third-order valence-electron chi connectivity index (χ3n) is 6.86. The van der Waals surface area contributed by atoms with E-state index in [0.717, 1.165) is 0 Å². The maximum absolute atomic E-state index is 12.4. The quantitative estimate of drug-likeness (QED) is 0.259. The maximum Gasteiger partial charge on any atom is 0.352 e. The molecule has 0 bridgehead atoms. The van der Waals surface area contributed by atoms with Gasteiger partial charge in [0, 0.05) is 32.1 Å². The fourth-order valence-corrected chi connectivity index (χ4v) is 5.29. The molecule has 0 aliphatic carbocycles. The SMILES string of the molecule is C[C@@H](O)[C@H]1C(=O)N2C(C(=O)O)=C([C@@H]3CCN(C(=N)CC(=O)N4CC[C@@H](O)C4)C3)C[C@H]12. The molecule has 30 heavy (non-hydrogen) atoms. The highest BCUT2D eigenvalue weighted by molar-refractivity contribution is 6.00. The van der Waals surface area contributed by atoms with Gasteiger partial charge in [-0.05, 0) is 31.8 Å². The van der Waals surface area contributed by atoms with Crippen LogP contribution in [0.5, 0.6) is 0 Å². The van der Waals surface area contributed by atoms with Gasteiger partial charge in [0.2, 0.25) is 11.8 Å². The summed E-state index contributed by atoms with van der Waals surface area (Å²) in [4.78, 5) is 41.3. The van der Waals surface area contributed by atoms with Crippen molar-refractivity contribution in [3.8, 4) is 0 Å². The van der Waals surface area contributed by atoms with E-state index in [1.165, 1.54) is 4.90 Å². The zero-order valence-corrected chi connectivity index (χ0v) is 17.0. The summed E-state index contributed by atoms with van der Waals surface area (Å²) in [6, 6.07) is -0.310. The third-order valence-corrected chi connectivity index (χ3v) is 6.86. The standard InChI is InChI=1S/C20H28N4O6/c1-10(25)17-14-6-13(18(20(29)30)24(14)19(17)28)11-2-4-22(8-11)15(21)7-16(27)23-5-3-12(26)9-23/h10-12,14,17,21,25-26H,2-9H2,1H3,(H,29,30)/t10-,11-,12-,14-,17-/m1/s1. The highest BCUT2D eigenvalue weighted by Gasteiger charge is 2.57. The summed E-state index contributed by atoms with van der Waals surface area (Å²) in [5, 5.41) is 37.5. The molecule has 0 saturated carbocycles. The number of carboxylic acid groups (broad SMARTS) is 1. The van der Waals surface area contributed by atoms with Gasteiger partial charge in [0.25, 0.3) is 0 Å². The van der Waals surface area contributed by atoms with Crippen LogP contribution >= 0.6 is 0 Å². The van der Waals surface area contributed by atoms with Crippen molar-refractivity contribution in [1.29, 1.82) is 5.41 Å². The molecule has 3 fully saturated rings. The number of amides is 2. The van der Waals surface area contributed by atoms with Gasteiger partial charge in [0.1, 0.15) is 11.5 Å². The molecular weight excluding hydrogens is 392 g/mol. The molecule has 164 valence electrons. The lowest BCUT2D eigenvalue weighted by molar-refractivity contribution is -0.161. The van der Waals surface area contributed by atoms with Gasteiger partial charge in [-0.2, -0.15) is 0 Å². The van der Waals surface area contributed by atoms with Crippen LogP contribution in [-0.4, -0.2) is 98.1 Å². The Morgan fingerprint density at radius 3 is 2.50 bits per heavy atom. The predicted octanol–water partition coefficient (Wildman–Crippen LogP) is -0.781. The lowest BCUT2D eigenvalue weighted by atomic mass is 9.82. The Labute approximate surface area is 174 Å². The first-order valence-electron chi connectivity index (χ1n) is 10.4. The number of aliphatic hydroxyl groups excluding tert-OH is 2. The number of amidine groups is 1. The van der Waals surface area contributed by atoms with Gasteiger partial charge in [-0.1, -0.05) is 0 Å². The number of carbonyl (C=O) groups excluding carboxylic acids is 2. The van der Waals surface area contributed by atoms with Crippen LogP contribution in [0.4, 0.5) is 0 Å². The first-order chi connectivity index (χ1) is 14.2. The second-order valence-corrected chi connectivity index (χ2v) is 8.76. The van der Waals surface area contributed by atoms with Crippen LogP contribution in [0.15, 0.2) is 11.3 Å². The van der Waals surface area contributed by atoms with Crippen molar-refractivity contribution in [2.24, 2.45) is 11.8 Å². The molecule has 4 aliphatic heterocycles. The van der Waals surface area contributed by atoms with Gasteiger partial charge in [-0.15, -0.1) is 0 Å². The number of likely N-dealkylation sites (tertiary alicyclic amines) is 2. The number of β-lactam (4-membered cyclic amide) rings is 1. The van der Waals surface area contributed by atoms with Gasteiger partial charge in [0.05, 0.1) is 30.6 Å². The predicted molar refractivity (Wildman–Crippen MR) is 104 cm³/mol. The van der Waals surface area contributed by atoms with E-state index in [9.17, 15) is 29.7 Å². The number of nitrogens with zero attached hydrogens (tertiary/aromatic N) is 3. The minimum absolute atomic E-state index is 0.0300. The number of nitrogens with one attached hydrogen (secondary N) is 1. The summed E-state index contributed by atoms with van der Waals surface area (Å²) in [7, 11) is 0. The van der Waals surface area contributed by atoms with E-state index in [2.05, 4.69) is 0 Å². The van der Waals surface area contributed by atoms with Crippen molar-refractivity contribution in [3.05, 3.63) is 11.3 Å². The fraction of sp³-hybridized carbons (Fsp3) is 0.700. The van der Waals surface area contributed by atoms with E-state index >= 15 is 0 Å². The zero-order chi connectivity index (χ0) is 21.7. The Balaban J connectivity index is 1.41. The number of carboxylic acids is 1. The minimum Gasteiger partial charge on any atom is -0.477 e. The molecule has 4 heterocycles. The molecule has 10 nitrogen and oxygen atoms in total. The largest absolute Gasteiger partial charge is 0.477 e. The second kappa shape index (κ2) is 7.66. The van der Waals surface area contributed by atoms with Crippen molar-refractivity contribution in [2.45, 2.75) is 50.9 Å².